The van der Waals surface area contributed by atoms with Gasteiger partial charge in [-0.05, 0) is 35.4 Å². The Morgan fingerprint density at radius 3 is 2.28 bits per heavy atom. The monoisotopic (exact) mass is 361 g/mol. The van der Waals surface area contributed by atoms with Gasteiger partial charge in [0.1, 0.15) is 0 Å². The molecule has 4 nitrogen and oxygen atoms in total. The quantitative estimate of drug-likeness (QED) is 0.811. The van der Waals surface area contributed by atoms with E-state index in [1.165, 1.54) is 0 Å². The van der Waals surface area contributed by atoms with Gasteiger partial charge in [0.05, 0.1) is 20.6 Å². The highest BCUT2D eigenvalue weighted by Crippen LogP contribution is 2.32. The van der Waals surface area contributed by atoms with Gasteiger partial charge in [0, 0.05) is 17.0 Å². The molecule has 0 bridgehead atoms. The second-order valence-corrected chi connectivity index (χ2v) is 6.97. The van der Waals surface area contributed by atoms with Crippen molar-refractivity contribution < 1.29 is 14.3 Å². The van der Waals surface area contributed by atoms with E-state index in [0.29, 0.717) is 29.5 Å². The van der Waals surface area contributed by atoms with Crippen molar-refractivity contribution in [2.75, 3.05) is 20.8 Å². The average molecular weight is 362 g/mol. The Morgan fingerprint density at radius 1 is 1.04 bits per heavy atom. The van der Waals surface area contributed by atoms with E-state index >= 15 is 0 Å². The van der Waals surface area contributed by atoms with Crippen molar-refractivity contribution in [3.63, 3.8) is 0 Å². The average Bonchev–Trinajstić information content (AvgIpc) is 2.61. The molecular formula is C20H24ClNO3. The fourth-order valence-electron chi connectivity index (χ4n) is 2.53. The van der Waals surface area contributed by atoms with E-state index in [4.69, 9.17) is 21.1 Å². The number of rotatable bonds is 7. The largest absolute Gasteiger partial charge is 0.493 e. The van der Waals surface area contributed by atoms with Crippen LogP contribution in [0.1, 0.15) is 25.0 Å². The van der Waals surface area contributed by atoms with Gasteiger partial charge >= 0.3 is 0 Å². The molecule has 2 rings (SSSR count). The number of carbonyl (C=O) groups is 1. The SMILES string of the molecule is COc1ccc(C(C)(C)CNC(=O)Cc2ccc(Cl)cc2)cc1OC. The van der Waals surface area contributed by atoms with E-state index in [-0.39, 0.29) is 11.3 Å². The zero-order valence-corrected chi connectivity index (χ0v) is 15.8. The topological polar surface area (TPSA) is 47.6 Å². The van der Waals surface area contributed by atoms with Crippen molar-refractivity contribution in [2.24, 2.45) is 0 Å². The molecule has 0 saturated carbocycles. The molecule has 134 valence electrons. The van der Waals surface area contributed by atoms with Gasteiger partial charge in [0.15, 0.2) is 11.5 Å². The number of ether oxygens (including phenoxy) is 2. The van der Waals surface area contributed by atoms with E-state index < -0.39 is 0 Å². The lowest BCUT2D eigenvalue weighted by molar-refractivity contribution is -0.120. The molecule has 0 aliphatic rings. The van der Waals surface area contributed by atoms with Crippen LogP contribution < -0.4 is 14.8 Å². The molecule has 0 spiro atoms. The molecule has 1 amide bonds. The maximum atomic E-state index is 12.2. The standard InChI is InChI=1S/C20H24ClNO3/c1-20(2,15-7-10-17(24-3)18(12-15)25-4)13-22-19(23)11-14-5-8-16(21)9-6-14/h5-10,12H,11,13H2,1-4H3,(H,22,23). The van der Waals surface area contributed by atoms with Gasteiger partial charge in [-0.25, -0.2) is 0 Å². The predicted molar refractivity (Wildman–Crippen MR) is 101 cm³/mol. The number of carbonyl (C=O) groups excluding carboxylic acids is 1. The lowest BCUT2D eigenvalue weighted by Crippen LogP contribution is -2.37. The van der Waals surface area contributed by atoms with Crippen molar-refractivity contribution >= 4 is 17.5 Å². The number of methoxy groups -OCH3 is 2. The fraction of sp³-hybridized carbons (Fsp3) is 0.350. The highest BCUT2D eigenvalue weighted by Gasteiger charge is 2.23. The van der Waals surface area contributed by atoms with Gasteiger partial charge in [-0.15, -0.1) is 0 Å². The van der Waals surface area contributed by atoms with Crippen LogP contribution in [0, 0.1) is 0 Å². The van der Waals surface area contributed by atoms with Crippen LogP contribution in [0.3, 0.4) is 0 Å². The molecule has 0 fully saturated rings. The summed E-state index contributed by atoms with van der Waals surface area (Å²) < 4.78 is 10.6. The zero-order chi connectivity index (χ0) is 18.4. The van der Waals surface area contributed by atoms with Crippen LogP contribution in [0.2, 0.25) is 5.02 Å². The maximum absolute atomic E-state index is 12.2. The first-order chi connectivity index (χ1) is 11.9. The summed E-state index contributed by atoms with van der Waals surface area (Å²) in [4.78, 5) is 12.2. The summed E-state index contributed by atoms with van der Waals surface area (Å²) in [7, 11) is 3.22. The summed E-state index contributed by atoms with van der Waals surface area (Å²) in [5.74, 6) is 1.35. The molecule has 0 unspecified atom stereocenters. The molecular weight excluding hydrogens is 338 g/mol. The second-order valence-electron chi connectivity index (χ2n) is 6.53. The lowest BCUT2D eigenvalue weighted by Gasteiger charge is -2.26. The third-order valence-corrected chi connectivity index (χ3v) is 4.42. The molecule has 2 aromatic rings. The molecule has 0 radical (unpaired) electrons. The number of amides is 1. The molecule has 0 aliphatic heterocycles. The smallest absolute Gasteiger partial charge is 0.224 e. The first-order valence-corrected chi connectivity index (χ1v) is 8.47. The van der Waals surface area contributed by atoms with Crippen LogP contribution in [0.15, 0.2) is 42.5 Å². The van der Waals surface area contributed by atoms with Crippen molar-refractivity contribution in [3.8, 4) is 11.5 Å². The number of benzene rings is 2. The first-order valence-electron chi connectivity index (χ1n) is 8.09. The first kappa shape index (κ1) is 19.1. The number of nitrogens with one attached hydrogen (secondary N) is 1. The van der Waals surface area contributed by atoms with Crippen LogP contribution in [0.5, 0.6) is 11.5 Å². The minimum absolute atomic E-state index is 0.0177. The van der Waals surface area contributed by atoms with Gasteiger partial charge in [0.2, 0.25) is 5.91 Å². The Labute approximate surface area is 154 Å². The normalized spacial score (nSPS) is 11.1. The van der Waals surface area contributed by atoms with Gasteiger partial charge in [-0.2, -0.15) is 0 Å². The third kappa shape index (κ3) is 5.13. The van der Waals surface area contributed by atoms with Gasteiger partial charge in [0.25, 0.3) is 0 Å². The predicted octanol–water partition coefficient (Wildman–Crippen LogP) is 3.99. The molecule has 0 saturated heterocycles. The summed E-state index contributed by atoms with van der Waals surface area (Å²) in [6.07, 6.45) is 0.333. The summed E-state index contributed by atoms with van der Waals surface area (Å²) in [6.45, 7) is 4.68. The van der Waals surface area contributed by atoms with Crippen molar-refractivity contribution in [3.05, 3.63) is 58.6 Å². The van der Waals surface area contributed by atoms with E-state index in [1.54, 1.807) is 26.4 Å². The lowest BCUT2D eigenvalue weighted by atomic mass is 9.84. The highest BCUT2D eigenvalue weighted by molar-refractivity contribution is 6.30. The summed E-state index contributed by atoms with van der Waals surface area (Å²) in [5, 5.41) is 3.67. The molecule has 5 heteroatoms. The third-order valence-electron chi connectivity index (χ3n) is 4.17. The molecule has 2 aromatic carbocycles. The Bertz CT molecular complexity index is 726. The summed E-state index contributed by atoms with van der Waals surface area (Å²) >= 11 is 5.86. The Hall–Kier alpha value is -2.20. The summed E-state index contributed by atoms with van der Waals surface area (Å²) in [6, 6.07) is 13.1. The Balaban J connectivity index is 2.00. The maximum Gasteiger partial charge on any atom is 0.224 e. The van der Waals surface area contributed by atoms with E-state index in [1.807, 2.05) is 30.3 Å². The van der Waals surface area contributed by atoms with Crippen LogP contribution in [-0.4, -0.2) is 26.7 Å². The zero-order valence-electron chi connectivity index (χ0n) is 15.1. The number of hydrogen-bond donors (Lipinski definition) is 1. The molecule has 1 N–H and O–H groups in total. The molecule has 0 heterocycles. The molecule has 0 aromatic heterocycles. The van der Waals surface area contributed by atoms with Crippen molar-refractivity contribution in [1.29, 1.82) is 0 Å². The summed E-state index contributed by atoms with van der Waals surface area (Å²) in [5.41, 5.74) is 1.76. The number of hydrogen-bond acceptors (Lipinski definition) is 3. The van der Waals surface area contributed by atoms with Crippen LogP contribution in [0.4, 0.5) is 0 Å². The van der Waals surface area contributed by atoms with Crippen LogP contribution >= 0.6 is 11.6 Å². The van der Waals surface area contributed by atoms with Crippen molar-refractivity contribution in [1.82, 2.24) is 5.32 Å². The van der Waals surface area contributed by atoms with Gasteiger partial charge in [-0.1, -0.05) is 43.6 Å². The van der Waals surface area contributed by atoms with Crippen LogP contribution in [-0.2, 0) is 16.6 Å². The van der Waals surface area contributed by atoms with Crippen LogP contribution in [0.25, 0.3) is 0 Å². The minimum Gasteiger partial charge on any atom is -0.493 e. The minimum atomic E-state index is -0.241. The Kier molecular flexibility index (Phi) is 6.32. The molecule has 25 heavy (non-hydrogen) atoms. The molecule has 0 atom stereocenters. The van der Waals surface area contributed by atoms with Gasteiger partial charge in [-0.3, -0.25) is 4.79 Å². The van der Waals surface area contributed by atoms with E-state index in [9.17, 15) is 4.79 Å². The fourth-order valence-corrected chi connectivity index (χ4v) is 2.65. The van der Waals surface area contributed by atoms with E-state index in [2.05, 4.69) is 19.2 Å². The van der Waals surface area contributed by atoms with E-state index in [0.717, 1.165) is 11.1 Å². The molecule has 0 aliphatic carbocycles. The van der Waals surface area contributed by atoms with Crippen molar-refractivity contribution in [2.45, 2.75) is 25.7 Å². The Morgan fingerprint density at radius 2 is 1.68 bits per heavy atom. The van der Waals surface area contributed by atoms with Gasteiger partial charge < -0.3 is 14.8 Å². The second kappa shape index (κ2) is 8.26. The number of halogens is 1. The highest BCUT2D eigenvalue weighted by atomic mass is 35.5.